The van der Waals surface area contributed by atoms with Gasteiger partial charge in [0.25, 0.3) is 0 Å². The zero-order valence-electron chi connectivity index (χ0n) is 22.3. The lowest BCUT2D eigenvalue weighted by molar-refractivity contribution is -0.140. The summed E-state index contributed by atoms with van der Waals surface area (Å²) < 4.78 is 13.3. The van der Waals surface area contributed by atoms with Gasteiger partial charge in [-0.05, 0) is 82.0 Å². The van der Waals surface area contributed by atoms with Gasteiger partial charge in [-0.3, -0.25) is 19.4 Å². The smallest absolute Gasteiger partial charge is 0.245 e. The maximum absolute atomic E-state index is 14.0. The number of rotatable bonds is 11. The van der Waals surface area contributed by atoms with E-state index in [1.54, 1.807) is 31.1 Å². The van der Waals surface area contributed by atoms with Crippen molar-refractivity contribution < 1.29 is 18.8 Å². The third-order valence-corrected chi connectivity index (χ3v) is 7.41. The predicted molar refractivity (Wildman–Crippen MR) is 142 cm³/mol. The zero-order valence-corrected chi connectivity index (χ0v) is 22.3. The van der Waals surface area contributed by atoms with Crippen molar-refractivity contribution in [2.45, 2.75) is 77.4 Å². The second kappa shape index (κ2) is 13.4. The van der Waals surface area contributed by atoms with E-state index in [0.29, 0.717) is 24.1 Å². The van der Waals surface area contributed by atoms with E-state index in [0.717, 1.165) is 37.7 Å². The second-order valence-electron chi connectivity index (χ2n) is 9.79. The van der Waals surface area contributed by atoms with E-state index in [1.165, 1.54) is 30.5 Å². The number of carbonyl (C=O) groups excluding carboxylic acids is 3. The Balaban J connectivity index is 1.89. The molecule has 3 atom stereocenters. The number of likely N-dealkylation sites (N-methyl/N-ethyl adjacent to an activating group) is 2. The normalized spacial score (nSPS) is 16.5. The number of hydrogen-bond donors (Lipinski definition) is 2. The monoisotopic (exact) mass is 510 g/mol. The highest BCUT2D eigenvalue weighted by molar-refractivity contribution is 6.08. The Morgan fingerprint density at radius 1 is 1.05 bits per heavy atom. The standard InChI is InChI=1S/C29H39FN4O3/c1-5-25(22-16-23(18-32-17-22)27(35)21-12-14-24(30)15-13-21)34(6-2)29(37)26(20-10-8-7-9-11-20)33-28(36)19(3)31-4/h12-20,25-26,31H,5-11H2,1-4H3,(H,33,36)/t19-,25-,26-/m0/s1. The molecule has 0 radical (unpaired) electrons. The van der Waals surface area contributed by atoms with E-state index in [2.05, 4.69) is 15.6 Å². The van der Waals surface area contributed by atoms with Crippen LogP contribution in [0.2, 0.25) is 0 Å². The summed E-state index contributed by atoms with van der Waals surface area (Å²) in [5.74, 6) is -0.871. The van der Waals surface area contributed by atoms with Crippen molar-refractivity contribution in [3.8, 4) is 0 Å². The molecule has 1 aliphatic rings. The number of nitrogens with one attached hydrogen (secondary N) is 2. The lowest BCUT2D eigenvalue weighted by atomic mass is 9.82. The summed E-state index contributed by atoms with van der Waals surface area (Å²) in [4.78, 5) is 46.0. The highest BCUT2D eigenvalue weighted by atomic mass is 19.1. The number of ketones is 1. The first-order valence-corrected chi connectivity index (χ1v) is 13.3. The molecule has 2 N–H and O–H groups in total. The third kappa shape index (κ3) is 7.01. The number of nitrogens with zero attached hydrogens (tertiary/aromatic N) is 2. The topological polar surface area (TPSA) is 91.4 Å². The van der Waals surface area contributed by atoms with Crippen LogP contribution in [0.3, 0.4) is 0 Å². The van der Waals surface area contributed by atoms with Gasteiger partial charge in [0.15, 0.2) is 5.78 Å². The van der Waals surface area contributed by atoms with Gasteiger partial charge in [0, 0.05) is 30.1 Å². The van der Waals surface area contributed by atoms with Gasteiger partial charge < -0.3 is 15.5 Å². The molecule has 200 valence electrons. The molecule has 1 aromatic carbocycles. The summed E-state index contributed by atoms with van der Waals surface area (Å²) in [5, 5.41) is 6.00. The molecule has 1 fully saturated rings. The van der Waals surface area contributed by atoms with E-state index in [9.17, 15) is 18.8 Å². The van der Waals surface area contributed by atoms with E-state index in [1.807, 2.05) is 13.8 Å². The molecule has 3 rings (SSSR count). The predicted octanol–water partition coefficient (Wildman–Crippen LogP) is 4.42. The van der Waals surface area contributed by atoms with E-state index in [4.69, 9.17) is 0 Å². The van der Waals surface area contributed by atoms with Gasteiger partial charge in [-0.15, -0.1) is 0 Å². The summed E-state index contributed by atoms with van der Waals surface area (Å²) in [7, 11) is 1.72. The number of pyridine rings is 1. The molecule has 7 nitrogen and oxygen atoms in total. The Bertz CT molecular complexity index is 1070. The average molecular weight is 511 g/mol. The van der Waals surface area contributed by atoms with Crippen LogP contribution >= 0.6 is 0 Å². The molecule has 37 heavy (non-hydrogen) atoms. The number of aromatic nitrogens is 1. The van der Waals surface area contributed by atoms with Crippen molar-refractivity contribution in [1.29, 1.82) is 0 Å². The highest BCUT2D eigenvalue weighted by Crippen LogP contribution is 2.31. The molecular formula is C29H39FN4O3. The van der Waals surface area contributed by atoms with Crippen LogP contribution in [0.5, 0.6) is 0 Å². The summed E-state index contributed by atoms with van der Waals surface area (Å²) >= 11 is 0. The lowest BCUT2D eigenvalue weighted by Gasteiger charge is -2.37. The van der Waals surface area contributed by atoms with Crippen molar-refractivity contribution in [2.24, 2.45) is 5.92 Å². The number of carbonyl (C=O) groups is 3. The van der Waals surface area contributed by atoms with Crippen LogP contribution in [0.1, 0.15) is 86.8 Å². The van der Waals surface area contributed by atoms with Crippen LogP contribution in [0.25, 0.3) is 0 Å². The van der Waals surface area contributed by atoms with Crippen molar-refractivity contribution >= 4 is 17.6 Å². The third-order valence-electron chi connectivity index (χ3n) is 7.41. The number of hydrogen-bond acceptors (Lipinski definition) is 5. The van der Waals surface area contributed by atoms with E-state index >= 15 is 0 Å². The Kier molecular flexibility index (Phi) is 10.3. The second-order valence-corrected chi connectivity index (χ2v) is 9.79. The number of amides is 2. The molecule has 0 aliphatic heterocycles. The minimum Gasteiger partial charge on any atom is -0.343 e. The first kappa shape index (κ1) is 28.4. The Morgan fingerprint density at radius 3 is 2.32 bits per heavy atom. The molecule has 2 amide bonds. The molecule has 1 saturated carbocycles. The van der Waals surface area contributed by atoms with Gasteiger partial charge in [-0.1, -0.05) is 26.2 Å². The Labute approximate surface area is 219 Å². The van der Waals surface area contributed by atoms with Crippen LogP contribution in [0.15, 0.2) is 42.7 Å². The number of halogens is 1. The molecule has 0 spiro atoms. The highest BCUT2D eigenvalue weighted by Gasteiger charge is 2.36. The molecule has 1 aliphatic carbocycles. The van der Waals surface area contributed by atoms with Gasteiger partial charge in [-0.25, -0.2) is 4.39 Å². The van der Waals surface area contributed by atoms with Crippen LogP contribution in [-0.4, -0.2) is 53.2 Å². The van der Waals surface area contributed by atoms with Gasteiger partial charge >= 0.3 is 0 Å². The average Bonchev–Trinajstić information content (AvgIpc) is 2.94. The van der Waals surface area contributed by atoms with Crippen molar-refractivity contribution in [3.63, 3.8) is 0 Å². The van der Waals surface area contributed by atoms with Crippen molar-refractivity contribution in [3.05, 3.63) is 65.2 Å². The zero-order chi connectivity index (χ0) is 26.9. The van der Waals surface area contributed by atoms with Gasteiger partial charge in [0.1, 0.15) is 11.9 Å². The minimum absolute atomic E-state index is 0.0883. The molecule has 0 unspecified atom stereocenters. The molecule has 8 heteroatoms. The maximum atomic E-state index is 14.0. The summed E-state index contributed by atoms with van der Waals surface area (Å²) in [6.07, 6.45) is 8.85. The summed E-state index contributed by atoms with van der Waals surface area (Å²) in [5.41, 5.74) is 1.50. The van der Waals surface area contributed by atoms with Crippen LogP contribution in [0, 0.1) is 11.7 Å². The molecule has 0 bridgehead atoms. The minimum atomic E-state index is -0.602. The largest absolute Gasteiger partial charge is 0.343 e. The Hall–Kier alpha value is -3.13. The van der Waals surface area contributed by atoms with Crippen LogP contribution < -0.4 is 10.6 Å². The van der Waals surface area contributed by atoms with E-state index < -0.39 is 17.9 Å². The van der Waals surface area contributed by atoms with Crippen LogP contribution in [0.4, 0.5) is 4.39 Å². The quantitative estimate of drug-likeness (QED) is 0.437. The van der Waals surface area contributed by atoms with Gasteiger partial charge in [-0.2, -0.15) is 0 Å². The number of benzene rings is 1. The van der Waals surface area contributed by atoms with Gasteiger partial charge in [0.2, 0.25) is 11.8 Å². The maximum Gasteiger partial charge on any atom is 0.245 e. The van der Waals surface area contributed by atoms with E-state index in [-0.39, 0.29) is 29.6 Å². The van der Waals surface area contributed by atoms with Crippen molar-refractivity contribution in [1.82, 2.24) is 20.5 Å². The molecule has 0 saturated heterocycles. The van der Waals surface area contributed by atoms with Crippen molar-refractivity contribution in [2.75, 3.05) is 13.6 Å². The lowest BCUT2D eigenvalue weighted by Crippen LogP contribution is -2.56. The molecule has 2 aromatic rings. The summed E-state index contributed by atoms with van der Waals surface area (Å²) in [6.45, 7) is 6.15. The SMILES string of the molecule is CC[C@@H](c1cncc(C(=O)c2ccc(F)cc2)c1)N(CC)C(=O)[C@@H](NC(=O)[C@H](C)NC)C1CCCCC1. The first-order valence-electron chi connectivity index (χ1n) is 13.3. The Morgan fingerprint density at radius 2 is 1.73 bits per heavy atom. The first-order chi connectivity index (χ1) is 17.8. The molecular weight excluding hydrogens is 471 g/mol. The fourth-order valence-electron chi connectivity index (χ4n) is 5.13. The molecule has 1 aromatic heterocycles. The van der Waals surface area contributed by atoms with Crippen LogP contribution in [-0.2, 0) is 9.59 Å². The molecule has 1 heterocycles. The fraction of sp³-hybridized carbons (Fsp3) is 0.517. The summed E-state index contributed by atoms with van der Waals surface area (Å²) in [6, 6.07) is 5.86. The van der Waals surface area contributed by atoms with Gasteiger partial charge in [0.05, 0.1) is 12.1 Å². The fourth-order valence-corrected chi connectivity index (χ4v) is 5.13.